The summed E-state index contributed by atoms with van der Waals surface area (Å²) in [7, 11) is 0. The molecule has 0 saturated heterocycles. The van der Waals surface area contributed by atoms with Gasteiger partial charge in [0, 0.05) is 13.1 Å². The number of benzene rings is 2. The summed E-state index contributed by atoms with van der Waals surface area (Å²) in [6, 6.07) is 21.8. The lowest BCUT2D eigenvalue weighted by atomic mass is 10.1. The molecular weight excluding hydrogens is 310 g/mol. The molecule has 1 aromatic heterocycles. The van der Waals surface area contributed by atoms with Crippen molar-refractivity contribution in [2.75, 3.05) is 5.32 Å². The van der Waals surface area contributed by atoms with Gasteiger partial charge in [0.1, 0.15) is 5.69 Å². The van der Waals surface area contributed by atoms with E-state index in [9.17, 15) is 4.79 Å². The fourth-order valence-corrected chi connectivity index (χ4v) is 2.53. The molecule has 0 radical (unpaired) electrons. The second-order valence-electron chi connectivity index (χ2n) is 5.94. The number of carbonyl (C=O) groups is 1. The minimum absolute atomic E-state index is 0.172. The number of carbonyl (C=O) groups excluding carboxylic acids is 1. The molecule has 0 aliphatic carbocycles. The van der Waals surface area contributed by atoms with Crippen LogP contribution in [0.1, 0.15) is 27.2 Å². The van der Waals surface area contributed by atoms with Crippen LogP contribution in [-0.4, -0.2) is 10.9 Å². The molecule has 25 heavy (non-hydrogen) atoms. The molecule has 2 aromatic carbocycles. The number of nitrogens with one attached hydrogen (secondary N) is 2. The van der Waals surface area contributed by atoms with Gasteiger partial charge in [-0.15, -0.1) is 0 Å². The molecule has 0 fully saturated rings. The Morgan fingerprint density at radius 2 is 1.72 bits per heavy atom. The SMILES string of the molecule is Cc1cccc(CNc2ccc(C(=O)NCc3ccccc3)nc2)c1. The first kappa shape index (κ1) is 16.7. The second-order valence-corrected chi connectivity index (χ2v) is 5.94. The van der Waals surface area contributed by atoms with Gasteiger partial charge in [-0.1, -0.05) is 60.2 Å². The Morgan fingerprint density at radius 3 is 2.44 bits per heavy atom. The fourth-order valence-electron chi connectivity index (χ4n) is 2.53. The Bertz CT molecular complexity index is 829. The first-order valence-corrected chi connectivity index (χ1v) is 8.28. The van der Waals surface area contributed by atoms with Crippen molar-refractivity contribution in [2.45, 2.75) is 20.0 Å². The van der Waals surface area contributed by atoms with Gasteiger partial charge < -0.3 is 10.6 Å². The van der Waals surface area contributed by atoms with Crippen molar-refractivity contribution >= 4 is 11.6 Å². The van der Waals surface area contributed by atoms with E-state index in [1.165, 1.54) is 11.1 Å². The molecule has 0 spiro atoms. The maximum absolute atomic E-state index is 12.2. The largest absolute Gasteiger partial charge is 0.380 e. The number of anilines is 1. The molecule has 3 rings (SSSR count). The molecule has 0 aliphatic heterocycles. The minimum atomic E-state index is -0.172. The standard InChI is InChI=1S/C21H21N3O/c1-16-6-5-9-18(12-16)14-22-19-10-11-20(23-15-19)21(25)24-13-17-7-3-2-4-8-17/h2-12,15,22H,13-14H2,1H3,(H,24,25). The molecule has 4 nitrogen and oxygen atoms in total. The van der Waals surface area contributed by atoms with Crippen LogP contribution < -0.4 is 10.6 Å². The monoisotopic (exact) mass is 331 g/mol. The second kappa shape index (κ2) is 8.11. The van der Waals surface area contributed by atoms with E-state index in [0.29, 0.717) is 12.2 Å². The van der Waals surface area contributed by atoms with Gasteiger partial charge >= 0.3 is 0 Å². The third-order valence-corrected chi connectivity index (χ3v) is 3.87. The molecule has 0 aliphatic rings. The van der Waals surface area contributed by atoms with E-state index in [0.717, 1.165) is 17.8 Å². The topological polar surface area (TPSA) is 54.0 Å². The van der Waals surface area contributed by atoms with Gasteiger partial charge in [-0.05, 0) is 30.2 Å². The van der Waals surface area contributed by atoms with E-state index in [-0.39, 0.29) is 5.91 Å². The van der Waals surface area contributed by atoms with Crippen molar-refractivity contribution in [3.05, 3.63) is 95.3 Å². The van der Waals surface area contributed by atoms with E-state index in [2.05, 4.69) is 40.7 Å². The molecule has 3 aromatic rings. The summed E-state index contributed by atoms with van der Waals surface area (Å²) < 4.78 is 0. The lowest BCUT2D eigenvalue weighted by Crippen LogP contribution is -2.23. The predicted octanol–water partition coefficient (Wildman–Crippen LogP) is 3.93. The molecule has 0 bridgehead atoms. The number of nitrogens with zero attached hydrogens (tertiary/aromatic N) is 1. The highest BCUT2D eigenvalue weighted by atomic mass is 16.1. The van der Waals surface area contributed by atoms with E-state index in [1.54, 1.807) is 12.3 Å². The Labute approximate surface area is 147 Å². The van der Waals surface area contributed by atoms with Crippen molar-refractivity contribution in [2.24, 2.45) is 0 Å². The number of amides is 1. The van der Waals surface area contributed by atoms with Crippen LogP contribution in [0.25, 0.3) is 0 Å². The first-order valence-electron chi connectivity index (χ1n) is 8.28. The summed E-state index contributed by atoms with van der Waals surface area (Å²) in [6.07, 6.45) is 1.69. The van der Waals surface area contributed by atoms with Gasteiger partial charge in [-0.3, -0.25) is 4.79 Å². The predicted molar refractivity (Wildman–Crippen MR) is 100 cm³/mol. The van der Waals surface area contributed by atoms with Crippen LogP contribution in [0.4, 0.5) is 5.69 Å². The van der Waals surface area contributed by atoms with Gasteiger partial charge in [0.05, 0.1) is 11.9 Å². The highest BCUT2D eigenvalue weighted by Crippen LogP contribution is 2.10. The highest BCUT2D eigenvalue weighted by molar-refractivity contribution is 5.92. The third-order valence-electron chi connectivity index (χ3n) is 3.87. The normalized spacial score (nSPS) is 10.3. The number of hydrogen-bond donors (Lipinski definition) is 2. The van der Waals surface area contributed by atoms with E-state index >= 15 is 0 Å². The summed E-state index contributed by atoms with van der Waals surface area (Å²) in [6.45, 7) is 3.30. The van der Waals surface area contributed by atoms with Crippen LogP contribution in [0.3, 0.4) is 0 Å². The number of rotatable bonds is 6. The number of aromatic nitrogens is 1. The average Bonchev–Trinajstić information content (AvgIpc) is 2.66. The van der Waals surface area contributed by atoms with Gasteiger partial charge in [-0.2, -0.15) is 0 Å². The lowest BCUT2D eigenvalue weighted by molar-refractivity contribution is 0.0946. The molecule has 0 saturated carbocycles. The van der Waals surface area contributed by atoms with Crippen molar-refractivity contribution in [3.63, 3.8) is 0 Å². The maximum atomic E-state index is 12.2. The van der Waals surface area contributed by atoms with Gasteiger partial charge in [0.2, 0.25) is 0 Å². The summed E-state index contributed by atoms with van der Waals surface area (Å²) >= 11 is 0. The summed E-state index contributed by atoms with van der Waals surface area (Å²) in [4.78, 5) is 16.4. The molecule has 0 unspecified atom stereocenters. The van der Waals surface area contributed by atoms with Gasteiger partial charge in [0.15, 0.2) is 0 Å². The van der Waals surface area contributed by atoms with Crippen LogP contribution >= 0.6 is 0 Å². The molecular formula is C21H21N3O. The van der Waals surface area contributed by atoms with E-state index in [1.807, 2.05) is 42.5 Å². The molecule has 2 N–H and O–H groups in total. The van der Waals surface area contributed by atoms with E-state index < -0.39 is 0 Å². The van der Waals surface area contributed by atoms with Crippen molar-refractivity contribution in [1.82, 2.24) is 10.3 Å². The van der Waals surface area contributed by atoms with Gasteiger partial charge in [0.25, 0.3) is 5.91 Å². The third kappa shape index (κ3) is 4.91. The number of pyridine rings is 1. The molecule has 126 valence electrons. The lowest BCUT2D eigenvalue weighted by Gasteiger charge is -2.08. The smallest absolute Gasteiger partial charge is 0.270 e. The molecule has 1 heterocycles. The maximum Gasteiger partial charge on any atom is 0.270 e. The Morgan fingerprint density at radius 1 is 0.920 bits per heavy atom. The summed E-state index contributed by atoms with van der Waals surface area (Å²) in [5.41, 5.74) is 4.82. The zero-order valence-corrected chi connectivity index (χ0v) is 14.2. The van der Waals surface area contributed by atoms with Crippen molar-refractivity contribution in [1.29, 1.82) is 0 Å². The fraction of sp³-hybridized carbons (Fsp3) is 0.143. The quantitative estimate of drug-likeness (QED) is 0.719. The Hall–Kier alpha value is -3.14. The summed E-state index contributed by atoms with van der Waals surface area (Å²) in [5.74, 6) is -0.172. The molecule has 4 heteroatoms. The number of aryl methyl sites for hydroxylation is 1. The van der Waals surface area contributed by atoms with Crippen LogP contribution in [-0.2, 0) is 13.1 Å². The summed E-state index contributed by atoms with van der Waals surface area (Å²) in [5, 5.41) is 6.19. The van der Waals surface area contributed by atoms with Crippen LogP contribution in [0.2, 0.25) is 0 Å². The first-order chi connectivity index (χ1) is 12.2. The highest BCUT2D eigenvalue weighted by Gasteiger charge is 2.06. The molecule has 0 atom stereocenters. The zero-order valence-electron chi connectivity index (χ0n) is 14.2. The Kier molecular flexibility index (Phi) is 5.42. The van der Waals surface area contributed by atoms with Crippen LogP contribution in [0, 0.1) is 6.92 Å². The van der Waals surface area contributed by atoms with Crippen molar-refractivity contribution < 1.29 is 4.79 Å². The van der Waals surface area contributed by atoms with Gasteiger partial charge in [-0.25, -0.2) is 4.98 Å². The van der Waals surface area contributed by atoms with E-state index in [4.69, 9.17) is 0 Å². The number of hydrogen-bond acceptors (Lipinski definition) is 3. The van der Waals surface area contributed by atoms with Crippen LogP contribution in [0.15, 0.2) is 72.9 Å². The van der Waals surface area contributed by atoms with Crippen molar-refractivity contribution in [3.8, 4) is 0 Å². The molecule has 1 amide bonds. The minimum Gasteiger partial charge on any atom is -0.380 e. The Balaban J connectivity index is 1.53. The van der Waals surface area contributed by atoms with Crippen LogP contribution in [0.5, 0.6) is 0 Å². The average molecular weight is 331 g/mol. The zero-order chi connectivity index (χ0) is 17.5.